The molecular formula is C17H16FNO5S. The molecule has 0 saturated heterocycles. The molecule has 1 atom stereocenters. The molecule has 0 fully saturated rings. The molecule has 1 N–H and O–H groups in total. The quantitative estimate of drug-likeness (QED) is 0.628. The summed E-state index contributed by atoms with van der Waals surface area (Å²) in [5.41, 5.74) is 0.276. The Hall–Kier alpha value is -2.74. The Morgan fingerprint density at radius 1 is 1.08 bits per heavy atom. The molecule has 25 heavy (non-hydrogen) atoms. The third kappa shape index (κ3) is 5.12. The summed E-state index contributed by atoms with van der Waals surface area (Å²) in [6.07, 6.45) is -0.114. The van der Waals surface area contributed by atoms with E-state index in [4.69, 9.17) is 4.74 Å². The predicted molar refractivity (Wildman–Crippen MR) is 90.5 cm³/mol. The number of ketones is 1. The number of hydrogen-bond acceptors (Lipinski definition) is 5. The van der Waals surface area contributed by atoms with Crippen LogP contribution in [0.3, 0.4) is 0 Å². The van der Waals surface area contributed by atoms with E-state index in [1.807, 2.05) is 0 Å². The van der Waals surface area contributed by atoms with Crippen LogP contribution in [0.1, 0.15) is 27.6 Å². The van der Waals surface area contributed by atoms with Crippen LogP contribution in [0.15, 0.2) is 48.5 Å². The molecule has 1 unspecified atom stereocenters. The van der Waals surface area contributed by atoms with Gasteiger partial charge in [-0.3, -0.25) is 9.52 Å². The molecule has 0 aliphatic carbocycles. The van der Waals surface area contributed by atoms with Crippen LogP contribution < -0.4 is 4.72 Å². The Morgan fingerprint density at radius 3 is 2.24 bits per heavy atom. The van der Waals surface area contributed by atoms with Crippen LogP contribution in [0.4, 0.5) is 10.1 Å². The first-order valence-corrected chi connectivity index (χ1v) is 9.14. The van der Waals surface area contributed by atoms with Gasteiger partial charge < -0.3 is 4.74 Å². The van der Waals surface area contributed by atoms with Crippen molar-refractivity contribution in [3.05, 3.63) is 65.5 Å². The Bertz CT molecular complexity index is 894. The molecule has 2 aromatic rings. The van der Waals surface area contributed by atoms with Gasteiger partial charge in [-0.15, -0.1) is 0 Å². The number of carbonyl (C=O) groups is 2. The number of ether oxygens (including phenoxy) is 1. The number of hydrogen-bond donors (Lipinski definition) is 1. The molecule has 0 radical (unpaired) electrons. The molecule has 0 aliphatic heterocycles. The van der Waals surface area contributed by atoms with Crippen LogP contribution in [-0.4, -0.2) is 32.5 Å². The molecule has 8 heteroatoms. The van der Waals surface area contributed by atoms with Crippen LogP contribution in [0.2, 0.25) is 0 Å². The summed E-state index contributed by atoms with van der Waals surface area (Å²) in [4.78, 5) is 24.2. The van der Waals surface area contributed by atoms with E-state index in [9.17, 15) is 22.4 Å². The summed E-state index contributed by atoms with van der Waals surface area (Å²) >= 11 is 0. The van der Waals surface area contributed by atoms with Gasteiger partial charge >= 0.3 is 5.97 Å². The van der Waals surface area contributed by atoms with E-state index in [0.29, 0.717) is 5.69 Å². The SMILES string of the molecule is CC(OC(=O)c1ccccc1F)C(=O)c1ccc(NS(C)(=O)=O)cc1. The maximum absolute atomic E-state index is 13.6. The molecule has 0 aliphatic rings. The molecule has 0 bridgehead atoms. The van der Waals surface area contributed by atoms with Gasteiger partial charge in [0.1, 0.15) is 5.82 Å². The fraction of sp³-hybridized carbons (Fsp3) is 0.176. The molecule has 0 saturated carbocycles. The van der Waals surface area contributed by atoms with E-state index in [2.05, 4.69) is 4.72 Å². The van der Waals surface area contributed by atoms with E-state index in [1.54, 1.807) is 0 Å². The summed E-state index contributed by atoms with van der Waals surface area (Å²) in [7, 11) is -3.42. The van der Waals surface area contributed by atoms with E-state index in [0.717, 1.165) is 12.3 Å². The zero-order valence-electron chi connectivity index (χ0n) is 13.5. The minimum Gasteiger partial charge on any atom is -0.451 e. The lowest BCUT2D eigenvalue weighted by Gasteiger charge is -2.13. The highest BCUT2D eigenvalue weighted by Gasteiger charge is 2.22. The van der Waals surface area contributed by atoms with Crippen molar-refractivity contribution in [1.29, 1.82) is 0 Å². The van der Waals surface area contributed by atoms with Gasteiger partial charge in [-0.2, -0.15) is 0 Å². The zero-order valence-corrected chi connectivity index (χ0v) is 14.3. The fourth-order valence-electron chi connectivity index (χ4n) is 2.06. The van der Waals surface area contributed by atoms with Gasteiger partial charge in [-0.25, -0.2) is 17.6 Å². The number of carbonyl (C=O) groups excluding carboxylic acids is 2. The number of esters is 1. The minimum atomic E-state index is -3.42. The second-order valence-corrected chi connectivity index (χ2v) is 7.09. The smallest absolute Gasteiger partial charge is 0.341 e. The Kier molecular flexibility index (Phi) is 5.53. The lowest BCUT2D eigenvalue weighted by molar-refractivity contribution is 0.0314. The van der Waals surface area contributed by atoms with Gasteiger partial charge in [-0.05, 0) is 43.3 Å². The number of anilines is 1. The van der Waals surface area contributed by atoms with Crippen LogP contribution in [0.5, 0.6) is 0 Å². The van der Waals surface area contributed by atoms with Gasteiger partial charge in [0.15, 0.2) is 6.10 Å². The number of halogens is 1. The third-order valence-electron chi connectivity index (χ3n) is 3.22. The average Bonchev–Trinajstić information content (AvgIpc) is 2.53. The summed E-state index contributed by atoms with van der Waals surface area (Å²) in [5, 5.41) is 0. The monoisotopic (exact) mass is 365 g/mol. The van der Waals surface area contributed by atoms with Crippen molar-refractivity contribution in [3.63, 3.8) is 0 Å². The third-order valence-corrected chi connectivity index (χ3v) is 3.83. The van der Waals surface area contributed by atoms with Gasteiger partial charge in [0.25, 0.3) is 0 Å². The lowest BCUT2D eigenvalue weighted by atomic mass is 10.1. The number of nitrogens with one attached hydrogen (secondary N) is 1. The summed E-state index contributed by atoms with van der Waals surface area (Å²) in [6.45, 7) is 1.38. The summed E-state index contributed by atoms with van der Waals surface area (Å²) in [5.74, 6) is -2.16. The van der Waals surface area contributed by atoms with Crippen molar-refractivity contribution in [1.82, 2.24) is 0 Å². The molecule has 0 aromatic heterocycles. The Morgan fingerprint density at radius 2 is 1.68 bits per heavy atom. The highest BCUT2D eigenvalue weighted by Crippen LogP contribution is 2.15. The van der Waals surface area contributed by atoms with Crippen LogP contribution >= 0.6 is 0 Å². The first-order chi connectivity index (χ1) is 11.7. The number of Topliss-reactive ketones (excluding diaryl/α,β-unsaturated/α-hetero) is 1. The van der Waals surface area contributed by atoms with Gasteiger partial charge in [0.2, 0.25) is 15.8 Å². The summed E-state index contributed by atoms with van der Waals surface area (Å²) < 4.78 is 43.1. The zero-order chi connectivity index (χ0) is 18.6. The van der Waals surface area contributed by atoms with Crippen molar-refractivity contribution in [3.8, 4) is 0 Å². The van der Waals surface area contributed by atoms with E-state index in [-0.39, 0.29) is 11.1 Å². The Balaban J connectivity index is 2.07. The fourth-order valence-corrected chi connectivity index (χ4v) is 2.62. The van der Waals surface area contributed by atoms with E-state index in [1.165, 1.54) is 49.4 Å². The first kappa shape index (κ1) is 18.6. The number of benzene rings is 2. The lowest BCUT2D eigenvalue weighted by Crippen LogP contribution is -2.25. The summed E-state index contributed by atoms with van der Waals surface area (Å²) in [6, 6.07) is 11.0. The van der Waals surface area contributed by atoms with Crippen molar-refractivity contribution in [2.75, 3.05) is 11.0 Å². The molecule has 132 valence electrons. The average molecular weight is 365 g/mol. The second kappa shape index (κ2) is 7.43. The van der Waals surface area contributed by atoms with E-state index >= 15 is 0 Å². The highest BCUT2D eigenvalue weighted by molar-refractivity contribution is 7.92. The molecule has 0 heterocycles. The van der Waals surface area contributed by atoms with Crippen molar-refractivity contribution >= 4 is 27.5 Å². The normalized spacial score (nSPS) is 12.3. The van der Waals surface area contributed by atoms with Crippen LogP contribution in [0, 0.1) is 5.82 Å². The van der Waals surface area contributed by atoms with Gasteiger partial charge in [0, 0.05) is 11.3 Å². The molecular weight excluding hydrogens is 349 g/mol. The molecule has 2 aromatic carbocycles. The van der Waals surface area contributed by atoms with Crippen molar-refractivity contribution in [2.24, 2.45) is 0 Å². The highest BCUT2D eigenvalue weighted by atomic mass is 32.2. The molecule has 0 amide bonds. The first-order valence-electron chi connectivity index (χ1n) is 7.25. The number of rotatable bonds is 6. The van der Waals surface area contributed by atoms with Gasteiger partial charge in [0.05, 0.1) is 11.8 Å². The van der Waals surface area contributed by atoms with E-state index < -0.39 is 33.7 Å². The molecule has 0 spiro atoms. The molecule has 2 rings (SSSR count). The second-order valence-electron chi connectivity index (χ2n) is 5.34. The van der Waals surface area contributed by atoms with Crippen LogP contribution in [0.25, 0.3) is 0 Å². The predicted octanol–water partition coefficient (Wildman–Crippen LogP) is 2.63. The molecule has 6 nitrogen and oxygen atoms in total. The minimum absolute atomic E-state index is 0.230. The standard InChI is InChI=1S/C17H16FNO5S/c1-11(24-17(21)14-5-3-4-6-15(14)18)16(20)12-7-9-13(10-8-12)19-25(2,22)23/h3-11,19H,1-2H3. The maximum Gasteiger partial charge on any atom is 0.341 e. The largest absolute Gasteiger partial charge is 0.451 e. The number of sulfonamides is 1. The maximum atomic E-state index is 13.6. The van der Waals surface area contributed by atoms with Crippen LogP contribution in [-0.2, 0) is 14.8 Å². The van der Waals surface area contributed by atoms with Crippen molar-refractivity contribution < 1.29 is 27.1 Å². The van der Waals surface area contributed by atoms with Gasteiger partial charge in [-0.1, -0.05) is 12.1 Å². The Labute approximate surface area is 144 Å². The topological polar surface area (TPSA) is 89.5 Å². The van der Waals surface area contributed by atoms with Crippen molar-refractivity contribution in [2.45, 2.75) is 13.0 Å².